The van der Waals surface area contributed by atoms with Gasteiger partial charge in [0.25, 0.3) is 0 Å². The standard InChI is InChI=1S/C24H17F3/c1-2-15-6-9-21-17(12-15)8-11-22(24(21)27)18-7-10-20(23(26)14-18)16-4-3-5-19(25)13-16/h3-14H,2H2,1H3. The van der Waals surface area contributed by atoms with Crippen molar-refractivity contribution in [3.05, 3.63) is 95.8 Å². The Hall–Kier alpha value is -3.07. The lowest BCUT2D eigenvalue weighted by Crippen LogP contribution is -1.91. The fourth-order valence-corrected chi connectivity index (χ4v) is 3.36. The lowest BCUT2D eigenvalue weighted by molar-refractivity contribution is 0.624. The highest BCUT2D eigenvalue weighted by molar-refractivity contribution is 5.89. The molecule has 0 fully saturated rings. The van der Waals surface area contributed by atoms with E-state index < -0.39 is 11.6 Å². The maximum atomic E-state index is 15.0. The molecule has 0 amide bonds. The molecule has 4 rings (SSSR count). The highest BCUT2D eigenvalue weighted by Gasteiger charge is 2.13. The summed E-state index contributed by atoms with van der Waals surface area (Å²) in [5.74, 6) is -1.31. The van der Waals surface area contributed by atoms with Gasteiger partial charge >= 0.3 is 0 Å². The summed E-state index contributed by atoms with van der Waals surface area (Å²) in [5.41, 5.74) is 2.67. The summed E-state index contributed by atoms with van der Waals surface area (Å²) in [6.07, 6.45) is 0.881. The Labute approximate surface area is 155 Å². The zero-order valence-electron chi connectivity index (χ0n) is 14.8. The van der Waals surface area contributed by atoms with Crippen molar-refractivity contribution in [2.75, 3.05) is 0 Å². The van der Waals surface area contributed by atoms with Crippen molar-refractivity contribution >= 4 is 10.8 Å². The average molecular weight is 362 g/mol. The summed E-state index contributed by atoms with van der Waals surface area (Å²) in [5, 5.41) is 1.34. The third-order valence-corrected chi connectivity index (χ3v) is 4.84. The van der Waals surface area contributed by atoms with Crippen molar-refractivity contribution < 1.29 is 13.2 Å². The summed E-state index contributed by atoms with van der Waals surface area (Å²) in [6.45, 7) is 2.05. The van der Waals surface area contributed by atoms with E-state index in [0.717, 1.165) is 17.4 Å². The highest BCUT2D eigenvalue weighted by atomic mass is 19.1. The number of hydrogen-bond donors (Lipinski definition) is 0. The normalized spacial score (nSPS) is 11.1. The fourth-order valence-electron chi connectivity index (χ4n) is 3.36. The molecule has 0 saturated heterocycles. The summed E-state index contributed by atoms with van der Waals surface area (Å²) >= 11 is 0. The topological polar surface area (TPSA) is 0 Å². The van der Waals surface area contributed by atoms with Gasteiger partial charge < -0.3 is 0 Å². The van der Waals surface area contributed by atoms with Crippen molar-refractivity contribution in [2.45, 2.75) is 13.3 Å². The van der Waals surface area contributed by atoms with E-state index in [2.05, 4.69) is 6.92 Å². The predicted molar refractivity (Wildman–Crippen MR) is 104 cm³/mol. The minimum absolute atomic E-state index is 0.284. The predicted octanol–water partition coefficient (Wildman–Crippen LogP) is 7.15. The fraction of sp³-hybridized carbons (Fsp3) is 0.0833. The zero-order valence-corrected chi connectivity index (χ0v) is 14.8. The van der Waals surface area contributed by atoms with Crippen LogP contribution in [-0.2, 0) is 6.42 Å². The molecule has 0 spiro atoms. The van der Waals surface area contributed by atoms with Crippen LogP contribution in [0.4, 0.5) is 13.2 Å². The van der Waals surface area contributed by atoms with E-state index in [-0.39, 0.29) is 11.4 Å². The first kappa shape index (κ1) is 17.3. The monoisotopic (exact) mass is 362 g/mol. The van der Waals surface area contributed by atoms with E-state index >= 15 is 4.39 Å². The van der Waals surface area contributed by atoms with E-state index in [1.165, 1.54) is 24.3 Å². The smallest absolute Gasteiger partial charge is 0.138 e. The third kappa shape index (κ3) is 3.21. The molecule has 0 nitrogen and oxygen atoms in total. The zero-order chi connectivity index (χ0) is 19.0. The number of benzene rings is 4. The van der Waals surface area contributed by atoms with Gasteiger partial charge in [-0.3, -0.25) is 0 Å². The second-order valence-electron chi connectivity index (χ2n) is 6.54. The van der Waals surface area contributed by atoms with Gasteiger partial charge in [-0.2, -0.15) is 0 Å². The van der Waals surface area contributed by atoms with Crippen LogP contribution in [0, 0.1) is 17.5 Å². The Balaban J connectivity index is 1.80. The quantitative estimate of drug-likeness (QED) is 0.363. The molecule has 27 heavy (non-hydrogen) atoms. The molecule has 4 aromatic rings. The molecular weight excluding hydrogens is 345 g/mol. The van der Waals surface area contributed by atoms with Gasteiger partial charge in [0.05, 0.1) is 0 Å². The van der Waals surface area contributed by atoms with E-state index in [1.807, 2.05) is 18.2 Å². The van der Waals surface area contributed by atoms with Crippen molar-refractivity contribution in [1.29, 1.82) is 0 Å². The molecular formula is C24H17F3. The Kier molecular flexibility index (Phi) is 4.44. The van der Waals surface area contributed by atoms with Gasteiger partial charge in [0.2, 0.25) is 0 Å². The van der Waals surface area contributed by atoms with Crippen LogP contribution in [0.1, 0.15) is 12.5 Å². The Morgan fingerprint density at radius 3 is 2.22 bits per heavy atom. The molecule has 0 aliphatic rings. The van der Waals surface area contributed by atoms with Crippen molar-refractivity contribution in [2.24, 2.45) is 0 Å². The molecule has 134 valence electrons. The lowest BCUT2D eigenvalue weighted by Gasteiger charge is -2.10. The van der Waals surface area contributed by atoms with Crippen molar-refractivity contribution in [3.63, 3.8) is 0 Å². The number of fused-ring (bicyclic) bond motifs is 1. The summed E-state index contributed by atoms with van der Waals surface area (Å²) in [7, 11) is 0. The van der Waals surface area contributed by atoms with Crippen LogP contribution in [0.15, 0.2) is 72.8 Å². The molecule has 0 radical (unpaired) electrons. The largest absolute Gasteiger partial charge is 0.207 e. The molecule has 0 aliphatic carbocycles. The molecule has 0 aromatic heterocycles. The molecule has 0 aliphatic heterocycles. The van der Waals surface area contributed by atoms with Gasteiger partial charge in [-0.05, 0) is 46.7 Å². The van der Waals surface area contributed by atoms with Gasteiger partial charge in [0, 0.05) is 16.5 Å². The van der Waals surface area contributed by atoms with Gasteiger partial charge in [0.1, 0.15) is 17.5 Å². The Morgan fingerprint density at radius 1 is 0.704 bits per heavy atom. The Bertz CT molecular complexity index is 1150. The van der Waals surface area contributed by atoms with Gasteiger partial charge in [0.15, 0.2) is 0 Å². The van der Waals surface area contributed by atoms with Crippen molar-refractivity contribution in [3.8, 4) is 22.3 Å². The maximum Gasteiger partial charge on any atom is 0.138 e. The maximum absolute atomic E-state index is 15.0. The first-order valence-corrected chi connectivity index (χ1v) is 8.84. The summed E-state index contributed by atoms with van der Waals surface area (Å²) in [6, 6.07) is 19.4. The van der Waals surface area contributed by atoms with E-state index in [0.29, 0.717) is 22.1 Å². The first-order chi connectivity index (χ1) is 13.1. The van der Waals surface area contributed by atoms with E-state index in [4.69, 9.17) is 0 Å². The summed E-state index contributed by atoms with van der Waals surface area (Å²) < 4.78 is 43.1. The minimum atomic E-state index is -0.515. The third-order valence-electron chi connectivity index (χ3n) is 4.84. The van der Waals surface area contributed by atoms with E-state index in [9.17, 15) is 8.78 Å². The van der Waals surface area contributed by atoms with Crippen LogP contribution in [0.3, 0.4) is 0 Å². The molecule has 0 bridgehead atoms. The van der Waals surface area contributed by atoms with Crippen LogP contribution in [0.5, 0.6) is 0 Å². The van der Waals surface area contributed by atoms with Crippen LogP contribution in [0.2, 0.25) is 0 Å². The van der Waals surface area contributed by atoms with Gasteiger partial charge in [-0.1, -0.05) is 61.5 Å². The van der Waals surface area contributed by atoms with Crippen LogP contribution < -0.4 is 0 Å². The van der Waals surface area contributed by atoms with Gasteiger partial charge in [-0.25, -0.2) is 13.2 Å². The van der Waals surface area contributed by atoms with Crippen LogP contribution in [-0.4, -0.2) is 0 Å². The van der Waals surface area contributed by atoms with E-state index in [1.54, 1.807) is 30.3 Å². The molecule has 0 atom stereocenters. The number of hydrogen-bond acceptors (Lipinski definition) is 0. The second kappa shape index (κ2) is 6.92. The molecule has 0 heterocycles. The van der Waals surface area contributed by atoms with Crippen LogP contribution >= 0.6 is 0 Å². The number of aryl methyl sites for hydroxylation is 1. The second-order valence-corrected chi connectivity index (χ2v) is 6.54. The molecule has 0 N–H and O–H groups in total. The minimum Gasteiger partial charge on any atom is -0.207 e. The molecule has 3 heteroatoms. The average Bonchev–Trinajstić information content (AvgIpc) is 2.68. The lowest BCUT2D eigenvalue weighted by atomic mass is 9.96. The SMILES string of the molecule is CCc1ccc2c(F)c(-c3ccc(-c4cccc(F)c4)c(F)c3)ccc2c1. The summed E-state index contributed by atoms with van der Waals surface area (Å²) in [4.78, 5) is 0. The molecule has 4 aromatic carbocycles. The molecule has 0 unspecified atom stereocenters. The Morgan fingerprint density at radius 2 is 1.48 bits per heavy atom. The first-order valence-electron chi connectivity index (χ1n) is 8.84. The van der Waals surface area contributed by atoms with Gasteiger partial charge in [-0.15, -0.1) is 0 Å². The van der Waals surface area contributed by atoms with Crippen molar-refractivity contribution in [1.82, 2.24) is 0 Å². The highest BCUT2D eigenvalue weighted by Crippen LogP contribution is 2.32. The van der Waals surface area contributed by atoms with Crippen LogP contribution in [0.25, 0.3) is 33.0 Å². The number of rotatable bonds is 3. The molecule has 0 saturated carbocycles. The number of halogens is 3.